The van der Waals surface area contributed by atoms with Crippen molar-refractivity contribution in [2.75, 3.05) is 12.1 Å². The number of aryl methyl sites for hydroxylation is 2. The number of para-hydroxylation sites is 1. The molecule has 0 unspecified atom stereocenters. The molecule has 21 heavy (non-hydrogen) atoms. The van der Waals surface area contributed by atoms with E-state index in [1.807, 2.05) is 36.5 Å². The average molecular weight is 295 g/mol. The highest BCUT2D eigenvalue weighted by Gasteiger charge is 2.06. The van der Waals surface area contributed by atoms with Crippen molar-refractivity contribution < 1.29 is 0 Å². The first-order valence-electron chi connectivity index (χ1n) is 6.84. The van der Waals surface area contributed by atoms with Gasteiger partial charge in [-0.15, -0.1) is 0 Å². The monoisotopic (exact) mass is 295 g/mol. The molecule has 0 spiro atoms. The van der Waals surface area contributed by atoms with Crippen LogP contribution in [-0.2, 0) is 0 Å². The van der Waals surface area contributed by atoms with E-state index in [1.54, 1.807) is 11.3 Å². The second kappa shape index (κ2) is 5.66. The van der Waals surface area contributed by atoms with Crippen LogP contribution in [0.2, 0.25) is 0 Å². The summed E-state index contributed by atoms with van der Waals surface area (Å²) in [5.41, 5.74) is 4.63. The highest BCUT2D eigenvalue weighted by molar-refractivity contribution is 7.22. The lowest BCUT2D eigenvalue weighted by Gasteiger charge is -2.08. The number of nitrogens with zero attached hydrogens (tertiary/aromatic N) is 3. The van der Waals surface area contributed by atoms with Crippen molar-refractivity contribution in [1.82, 2.24) is 4.98 Å². The minimum atomic E-state index is 0.901. The number of anilines is 1. The Morgan fingerprint density at radius 2 is 1.95 bits per heavy atom. The molecule has 3 nitrogen and oxygen atoms in total. The summed E-state index contributed by atoms with van der Waals surface area (Å²) in [7, 11) is 1.93. The van der Waals surface area contributed by atoms with Crippen molar-refractivity contribution >= 4 is 32.9 Å². The van der Waals surface area contributed by atoms with Crippen LogP contribution in [0.15, 0.2) is 47.6 Å². The van der Waals surface area contributed by atoms with Gasteiger partial charge in [0, 0.05) is 7.05 Å². The number of hydrogen-bond donors (Lipinski definition) is 0. The highest BCUT2D eigenvalue weighted by Crippen LogP contribution is 2.27. The molecule has 0 radical (unpaired) electrons. The van der Waals surface area contributed by atoms with Gasteiger partial charge >= 0.3 is 0 Å². The molecule has 0 amide bonds. The third-order valence-corrected chi connectivity index (χ3v) is 4.47. The van der Waals surface area contributed by atoms with Crippen molar-refractivity contribution in [1.29, 1.82) is 0 Å². The molecule has 2 aromatic carbocycles. The van der Waals surface area contributed by atoms with Crippen molar-refractivity contribution in [3.05, 3.63) is 59.2 Å². The van der Waals surface area contributed by atoms with Gasteiger partial charge in [0.1, 0.15) is 0 Å². The van der Waals surface area contributed by atoms with Gasteiger partial charge in [-0.25, -0.2) is 9.99 Å². The molecule has 0 atom stereocenters. The van der Waals surface area contributed by atoms with Crippen LogP contribution in [0.25, 0.3) is 10.2 Å². The topological polar surface area (TPSA) is 28.5 Å². The maximum Gasteiger partial charge on any atom is 0.206 e. The van der Waals surface area contributed by atoms with Gasteiger partial charge in [-0.3, -0.25) is 0 Å². The van der Waals surface area contributed by atoms with E-state index in [9.17, 15) is 0 Å². The first-order valence-corrected chi connectivity index (χ1v) is 7.66. The lowest BCUT2D eigenvalue weighted by molar-refractivity contribution is 1.01. The summed E-state index contributed by atoms with van der Waals surface area (Å²) in [6.07, 6.45) is 1.90. The Balaban J connectivity index is 1.86. The molecule has 106 valence electrons. The third kappa shape index (κ3) is 2.95. The van der Waals surface area contributed by atoms with E-state index in [4.69, 9.17) is 0 Å². The predicted molar refractivity (Wildman–Crippen MR) is 91.5 cm³/mol. The van der Waals surface area contributed by atoms with E-state index < -0.39 is 0 Å². The van der Waals surface area contributed by atoms with Crippen LogP contribution in [0.5, 0.6) is 0 Å². The second-order valence-corrected chi connectivity index (χ2v) is 6.10. The number of thiazole rings is 1. The predicted octanol–water partition coefficient (Wildman–Crippen LogP) is 4.38. The quantitative estimate of drug-likeness (QED) is 0.530. The van der Waals surface area contributed by atoms with E-state index in [0.717, 1.165) is 16.2 Å². The van der Waals surface area contributed by atoms with Crippen LogP contribution < -0.4 is 5.01 Å². The molecular formula is C17H17N3S. The van der Waals surface area contributed by atoms with Crippen LogP contribution in [-0.4, -0.2) is 18.2 Å². The summed E-state index contributed by atoms with van der Waals surface area (Å²) in [6.45, 7) is 4.19. The molecule has 0 saturated heterocycles. The van der Waals surface area contributed by atoms with Crippen LogP contribution in [0.4, 0.5) is 5.13 Å². The summed E-state index contributed by atoms with van der Waals surface area (Å²) in [5, 5.41) is 7.24. The van der Waals surface area contributed by atoms with Crippen molar-refractivity contribution in [3.8, 4) is 0 Å². The van der Waals surface area contributed by atoms with Gasteiger partial charge in [0.25, 0.3) is 0 Å². The molecule has 0 saturated carbocycles. The lowest BCUT2D eigenvalue weighted by Crippen LogP contribution is -2.08. The standard InChI is InChI=1S/C17H17N3S/c1-12-8-9-13(2)14(10-12)11-18-20(3)17-19-15-6-4-5-7-16(15)21-17/h4-11H,1-3H3. The van der Waals surface area contributed by atoms with Gasteiger partial charge in [0.2, 0.25) is 5.13 Å². The summed E-state index contributed by atoms with van der Waals surface area (Å²) < 4.78 is 1.18. The largest absolute Gasteiger partial charge is 0.242 e. The molecule has 0 N–H and O–H groups in total. The first kappa shape index (κ1) is 13.8. The summed E-state index contributed by atoms with van der Waals surface area (Å²) >= 11 is 1.65. The van der Waals surface area contributed by atoms with Gasteiger partial charge in [-0.05, 0) is 37.1 Å². The van der Waals surface area contributed by atoms with E-state index >= 15 is 0 Å². The molecule has 0 aliphatic heterocycles. The Morgan fingerprint density at radius 3 is 2.76 bits per heavy atom. The number of aromatic nitrogens is 1. The van der Waals surface area contributed by atoms with Gasteiger partial charge in [-0.1, -0.05) is 47.2 Å². The van der Waals surface area contributed by atoms with Crippen LogP contribution >= 0.6 is 11.3 Å². The summed E-state index contributed by atoms with van der Waals surface area (Å²) in [6, 6.07) is 14.5. The van der Waals surface area contributed by atoms with Crippen molar-refractivity contribution in [2.45, 2.75) is 13.8 Å². The Morgan fingerprint density at radius 1 is 1.14 bits per heavy atom. The van der Waals surface area contributed by atoms with E-state index in [2.05, 4.69) is 48.2 Å². The maximum absolute atomic E-state index is 4.60. The van der Waals surface area contributed by atoms with Crippen LogP contribution in [0, 0.1) is 13.8 Å². The van der Waals surface area contributed by atoms with Gasteiger partial charge in [0.05, 0.1) is 16.4 Å². The fourth-order valence-corrected chi connectivity index (χ4v) is 2.98. The maximum atomic E-state index is 4.60. The molecule has 3 rings (SSSR count). The zero-order chi connectivity index (χ0) is 14.8. The van der Waals surface area contributed by atoms with Crippen LogP contribution in [0.1, 0.15) is 16.7 Å². The molecule has 1 aromatic heterocycles. The number of hydrazone groups is 1. The Hall–Kier alpha value is -2.20. The minimum absolute atomic E-state index is 0.901. The van der Waals surface area contributed by atoms with E-state index in [0.29, 0.717) is 0 Å². The Labute approximate surface area is 128 Å². The molecular weight excluding hydrogens is 278 g/mol. The first-order chi connectivity index (χ1) is 10.1. The molecule has 0 aliphatic rings. The van der Waals surface area contributed by atoms with Gasteiger partial charge in [-0.2, -0.15) is 5.10 Å². The number of fused-ring (bicyclic) bond motifs is 1. The van der Waals surface area contributed by atoms with Gasteiger partial charge < -0.3 is 0 Å². The fraction of sp³-hybridized carbons (Fsp3) is 0.176. The number of benzene rings is 2. The third-order valence-electron chi connectivity index (χ3n) is 3.36. The van der Waals surface area contributed by atoms with E-state index in [-0.39, 0.29) is 0 Å². The van der Waals surface area contributed by atoms with E-state index in [1.165, 1.54) is 15.8 Å². The van der Waals surface area contributed by atoms with Crippen molar-refractivity contribution in [2.24, 2.45) is 5.10 Å². The summed E-state index contributed by atoms with van der Waals surface area (Å²) in [4.78, 5) is 4.60. The SMILES string of the molecule is Cc1ccc(C)c(C=NN(C)c2nc3ccccc3s2)c1. The lowest BCUT2D eigenvalue weighted by atomic mass is 10.1. The van der Waals surface area contributed by atoms with Crippen molar-refractivity contribution in [3.63, 3.8) is 0 Å². The number of rotatable bonds is 3. The molecule has 0 fully saturated rings. The molecule has 3 aromatic rings. The molecule has 0 bridgehead atoms. The van der Waals surface area contributed by atoms with Crippen LogP contribution in [0.3, 0.4) is 0 Å². The average Bonchev–Trinajstić information content (AvgIpc) is 2.92. The normalized spacial score (nSPS) is 11.4. The molecule has 1 heterocycles. The second-order valence-electron chi connectivity index (χ2n) is 5.09. The zero-order valence-electron chi connectivity index (χ0n) is 12.4. The Kier molecular flexibility index (Phi) is 3.71. The minimum Gasteiger partial charge on any atom is -0.242 e. The Bertz CT molecular complexity index is 772. The smallest absolute Gasteiger partial charge is 0.206 e. The van der Waals surface area contributed by atoms with Gasteiger partial charge in [0.15, 0.2) is 0 Å². The summed E-state index contributed by atoms with van der Waals surface area (Å²) in [5.74, 6) is 0. The number of hydrogen-bond acceptors (Lipinski definition) is 4. The fourth-order valence-electron chi connectivity index (χ4n) is 2.10. The highest BCUT2D eigenvalue weighted by atomic mass is 32.1. The molecule has 4 heteroatoms. The molecule has 0 aliphatic carbocycles. The zero-order valence-corrected chi connectivity index (χ0v) is 13.2.